The summed E-state index contributed by atoms with van der Waals surface area (Å²) in [7, 11) is 0. The molecule has 0 fully saturated rings. The summed E-state index contributed by atoms with van der Waals surface area (Å²) in [5, 5.41) is 10.4. The van der Waals surface area contributed by atoms with Crippen molar-refractivity contribution < 1.29 is 9.50 Å². The third-order valence-corrected chi connectivity index (χ3v) is 3.88. The Labute approximate surface area is 114 Å². The first-order valence-corrected chi connectivity index (χ1v) is 7.08. The molecule has 0 aliphatic heterocycles. The summed E-state index contributed by atoms with van der Waals surface area (Å²) in [5.41, 5.74) is 0.694. The third-order valence-electron chi connectivity index (χ3n) is 3.46. The molecule has 1 rings (SSSR count). The largest absolute Gasteiger partial charge is 0.392 e. The Morgan fingerprint density at radius 1 is 1.33 bits per heavy atom. The van der Waals surface area contributed by atoms with Gasteiger partial charge in [-0.3, -0.25) is 0 Å². The highest BCUT2D eigenvalue weighted by Gasteiger charge is 2.19. The molecule has 0 bridgehead atoms. The zero-order valence-electron chi connectivity index (χ0n) is 11.1. The van der Waals surface area contributed by atoms with Crippen LogP contribution >= 0.6 is 11.6 Å². The molecule has 0 spiro atoms. The normalized spacial score (nSPS) is 14.5. The molecule has 0 saturated heterocycles. The molecule has 0 saturated carbocycles. The van der Waals surface area contributed by atoms with E-state index in [1.165, 1.54) is 6.07 Å². The number of hydrogen-bond donors (Lipinski definition) is 1. The molecule has 102 valence electrons. The fraction of sp³-hybridized carbons (Fsp3) is 0.600. The predicted molar refractivity (Wildman–Crippen MR) is 74.4 cm³/mol. The molecule has 0 aromatic heterocycles. The lowest BCUT2D eigenvalue weighted by atomic mass is 9.89. The first kappa shape index (κ1) is 15.5. The van der Waals surface area contributed by atoms with Crippen LogP contribution in [-0.2, 0) is 6.42 Å². The monoisotopic (exact) mass is 272 g/mol. The summed E-state index contributed by atoms with van der Waals surface area (Å²) < 4.78 is 13.3. The van der Waals surface area contributed by atoms with E-state index >= 15 is 0 Å². The summed E-state index contributed by atoms with van der Waals surface area (Å²) in [5.74, 6) is -0.146. The van der Waals surface area contributed by atoms with Crippen molar-refractivity contribution in [3.63, 3.8) is 0 Å². The highest BCUT2D eigenvalue weighted by molar-refractivity contribution is 6.31. The molecule has 0 aliphatic carbocycles. The zero-order chi connectivity index (χ0) is 13.5. The van der Waals surface area contributed by atoms with Gasteiger partial charge < -0.3 is 5.11 Å². The van der Waals surface area contributed by atoms with Crippen LogP contribution < -0.4 is 0 Å². The number of rotatable bonds is 7. The second-order valence-electron chi connectivity index (χ2n) is 4.79. The van der Waals surface area contributed by atoms with E-state index in [0.29, 0.717) is 12.0 Å². The van der Waals surface area contributed by atoms with Crippen molar-refractivity contribution in [1.82, 2.24) is 0 Å². The Balaban J connectivity index is 2.67. The van der Waals surface area contributed by atoms with E-state index in [0.717, 1.165) is 25.7 Å². The number of hydrogen-bond acceptors (Lipinski definition) is 1. The Kier molecular flexibility index (Phi) is 6.66. The minimum absolute atomic E-state index is 0.141. The van der Waals surface area contributed by atoms with Gasteiger partial charge in [-0.1, -0.05) is 56.8 Å². The summed E-state index contributed by atoms with van der Waals surface area (Å²) in [6.45, 7) is 4.22. The van der Waals surface area contributed by atoms with Crippen molar-refractivity contribution in [3.8, 4) is 0 Å². The molecule has 2 unspecified atom stereocenters. The van der Waals surface area contributed by atoms with E-state index in [1.54, 1.807) is 12.1 Å². The highest BCUT2D eigenvalue weighted by Crippen LogP contribution is 2.25. The third kappa shape index (κ3) is 4.25. The van der Waals surface area contributed by atoms with Gasteiger partial charge in [-0.15, -0.1) is 0 Å². The van der Waals surface area contributed by atoms with Gasteiger partial charge in [-0.2, -0.15) is 0 Å². The molecule has 0 radical (unpaired) electrons. The van der Waals surface area contributed by atoms with E-state index in [9.17, 15) is 9.50 Å². The first-order chi connectivity index (χ1) is 8.60. The summed E-state index contributed by atoms with van der Waals surface area (Å²) in [6.07, 6.45) is 4.19. The topological polar surface area (TPSA) is 20.2 Å². The Bertz CT molecular complexity index is 368. The quantitative estimate of drug-likeness (QED) is 0.769. The van der Waals surface area contributed by atoms with Crippen LogP contribution in [0.2, 0.25) is 5.02 Å². The average molecular weight is 273 g/mol. The lowest BCUT2D eigenvalue weighted by Crippen LogP contribution is -2.22. The average Bonchev–Trinajstić information content (AvgIpc) is 2.36. The molecule has 18 heavy (non-hydrogen) atoms. The van der Waals surface area contributed by atoms with Crippen LogP contribution in [0.3, 0.4) is 0 Å². The molecule has 1 aromatic rings. The van der Waals surface area contributed by atoms with Crippen molar-refractivity contribution in [1.29, 1.82) is 0 Å². The minimum atomic E-state index is -0.444. The Morgan fingerprint density at radius 3 is 2.67 bits per heavy atom. The Morgan fingerprint density at radius 2 is 2.06 bits per heavy atom. The first-order valence-electron chi connectivity index (χ1n) is 6.71. The maximum atomic E-state index is 13.3. The van der Waals surface area contributed by atoms with Gasteiger partial charge in [-0.05, 0) is 24.0 Å². The van der Waals surface area contributed by atoms with E-state index in [1.807, 2.05) is 0 Å². The molecule has 0 heterocycles. The molecule has 1 nitrogen and oxygen atoms in total. The van der Waals surface area contributed by atoms with Crippen LogP contribution in [0.1, 0.15) is 45.1 Å². The maximum absolute atomic E-state index is 13.3. The van der Waals surface area contributed by atoms with Gasteiger partial charge >= 0.3 is 0 Å². The molecule has 0 aliphatic rings. The molecular formula is C15H22ClFO. The van der Waals surface area contributed by atoms with Gasteiger partial charge in [0.2, 0.25) is 0 Å². The predicted octanol–water partition coefficient (Wildman–Crippen LogP) is 4.60. The number of unbranched alkanes of at least 4 members (excludes halogenated alkanes) is 1. The summed E-state index contributed by atoms with van der Waals surface area (Å²) in [6, 6.07) is 4.75. The van der Waals surface area contributed by atoms with Crippen molar-refractivity contribution in [2.24, 2.45) is 5.92 Å². The van der Waals surface area contributed by atoms with E-state index in [2.05, 4.69) is 13.8 Å². The standard InChI is InChI=1S/C15H22ClFO/c1-3-5-7-11(4-2)14(18)10-12-8-6-9-13(17)15(12)16/h6,8-9,11,14,18H,3-5,7,10H2,1-2H3. The molecular weight excluding hydrogens is 251 g/mol. The number of halogens is 2. The number of aliphatic hydroxyl groups is 1. The van der Waals surface area contributed by atoms with Crippen molar-refractivity contribution in [2.45, 2.75) is 52.1 Å². The van der Waals surface area contributed by atoms with Crippen molar-refractivity contribution in [3.05, 3.63) is 34.6 Å². The van der Waals surface area contributed by atoms with Gasteiger partial charge in [0.05, 0.1) is 11.1 Å². The van der Waals surface area contributed by atoms with Crippen LogP contribution in [0.15, 0.2) is 18.2 Å². The fourth-order valence-corrected chi connectivity index (χ4v) is 2.44. The molecule has 0 amide bonds. The lowest BCUT2D eigenvalue weighted by Gasteiger charge is -2.22. The molecule has 1 aromatic carbocycles. The SMILES string of the molecule is CCCCC(CC)C(O)Cc1cccc(F)c1Cl. The van der Waals surface area contributed by atoms with Crippen molar-refractivity contribution >= 4 is 11.6 Å². The van der Waals surface area contributed by atoms with Gasteiger partial charge in [0.25, 0.3) is 0 Å². The summed E-state index contributed by atoms with van der Waals surface area (Å²) in [4.78, 5) is 0. The number of benzene rings is 1. The highest BCUT2D eigenvalue weighted by atomic mass is 35.5. The fourth-order valence-electron chi connectivity index (χ4n) is 2.23. The van der Waals surface area contributed by atoms with E-state index < -0.39 is 11.9 Å². The Hall–Kier alpha value is -0.600. The maximum Gasteiger partial charge on any atom is 0.142 e. The van der Waals surface area contributed by atoms with Crippen molar-refractivity contribution in [2.75, 3.05) is 0 Å². The van der Waals surface area contributed by atoms with Crippen LogP contribution in [0, 0.1) is 11.7 Å². The summed E-state index contributed by atoms with van der Waals surface area (Å²) >= 11 is 5.90. The van der Waals surface area contributed by atoms with Crippen LogP contribution in [0.4, 0.5) is 4.39 Å². The van der Waals surface area contributed by atoms with Crippen LogP contribution in [0.5, 0.6) is 0 Å². The van der Waals surface area contributed by atoms with Crippen LogP contribution in [0.25, 0.3) is 0 Å². The lowest BCUT2D eigenvalue weighted by molar-refractivity contribution is 0.0987. The van der Waals surface area contributed by atoms with Gasteiger partial charge in [0.1, 0.15) is 5.82 Å². The van der Waals surface area contributed by atoms with Gasteiger partial charge in [-0.25, -0.2) is 4.39 Å². The van der Waals surface area contributed by atoms with Crippen LogP contribution in [-0.4, -0.2) is 11.2 Å². The molecule has 2 atom stereocenters. The molecule has 1 N–H and O–H groups in total. The van der Waals surface area contributed by atoms with Gasteiger partial charge in [0, 0.05) is 6.42 Å². The van der Waals surface area contributed by atoms with E-state index in [-0.39, 0.29) is 10.9 Å². The number of aliphatic hydroxyl groups excluding tert-OH is 1. The molecule has 3 heteroatoms. The minimum Gasteiger partial charge on any atom is -0.392 e. The van der Waals surface area contributed by atoms with E-state index in [4.69, 9.17) is 11.6 Å². The second-order valence-corrected chi connectivity index (χ2v) is 5.17. The van der Waals surface area contributed by atoms with Gasteiger partial charge in [0.15, 0.2) is 0 Å². The zero-order valence-corrected chi connectivity index (χ0v) is 11.9. The smallest absolute Gasteiger partial charge is 0.142 e. The second kappa shape index (κ2) is 7.75.